The van der Waals surface area contributed by atoms with Crippen molar-refractivity contribution in [2.45, 2.75) is 13.3 Å². The lowest BCUT2D eigenvalue weighted by atomic mass is 10.2. The molecule has 0 aliphatic carbocycles. The Morgan fingerprint density at radius 1 is 1.07 bits per heavy atom. The quantitative estimate of drug-likeness (QED) is 0.681. The summed E-state index contributed by atoms with van der Waals surface area (Å²) in [4.78, 5) is 33.4. The molecule has 1 fully saturated rings. The van der Waals surface area contributed by atoms with Crippen LogP contribution in [0.15, 0.2) is 35.8 Å². The molecule has 8 heteroatoms. The van der Waals surface area contributed by atoms with E-state index < -0.39 is 0 Å². The van der Waals surface area contributed by atoms with E-state index in [1.54, 1.807) is 33.3 Å². The third-order valence-corrected chi connectivity index (χ3v) is 5.64. The van der Waals surface area contributed by atoms with Gasteiger partial charge in [-0.15, -0.1) is 11.3 Å². The molecule has 0 atom stereocenters. The van der Waals surface area contributed by atoms with Gasteiger partial charge in [-0.1, -0.05) is 0 Å². The fraction of sp³-hybridized carbons (Fsp3) is 0.316. The monoisotopic (exact) mass is 386 g/mol. The second kappa shape index (κ2) is 7.11. The Morgan fingerprint density at radius 2 is 1.78 bits per heavy atom. The van der Waals surface area contributed by atoms with Crippen molar-refractivity contribution in [2.24, 2.45) is 0 Å². The molecule has 0 radical (unpaired) electrons. The molecule has 4 rings (SSSR count). The van der Waals surface area contributed by atoms with Crippen LogP contribution in [-0.4, -0.2) is 57.2 Å². The van der Waals surface area contributed by atoms with Crippen molar-refractivity contribution >= 4 is 28.1 Å². The summed E-state index contributed by atoms with van der Waals surface area (Å²) >= 11 is 1.40. The molecule has 1 aliphatic rings. The minimum absolute atomic E-state index is 0.0424. The summed E-state index contributed by atoms with van der Waals surface area (Å²) in [7, 11) is 0. The average molecular weight is 386 g/mol. The second-order valence-electron chi connectivity index (χ2n) is 6.56. The molecule has 0 spiro atoms. The van der Waals surface area contributed by atoms with Crippen molar-refractivity contribution in [2.75, 3.05) is 26.2 Å². The van der Waals surface area contributed by atoms with Crippen LogP contribution in [0.3, 0.4) is 0 Å². The molecule has 0 N–H and O–H groups in total. The standard InChI is InChI=1S/C19H19FN4O2S/c1-13(25)22-7-2-8-23(10-9-22)18(26)17-12-27-19-21-16(11-24(17)19)14-3-5-15(20)6-4-14/h3-6,11-12H,2,7-10H2,1H3. The van der Waals surface area contributed by atoms with Crippen LogP contribution < -0.4 is 0 Å². The number of fused-ring (bicyclic) bond motifs is 1. The Morgan fingerprint density at radius 3 is 2.52 bits per heavy atom. The fourth-order valence-corrected chi connectivity index (χ4v) is 4.14. The first-order valence-electron chi connectivity index (χ1n) is 8.80. The summed E-state index contributed by atoms with van der Waals surface area (Å²) in [5.74, 6) is -0.313. The molecule has 27 heavy (non-hydrogen) atoms. The van der Waals surface area contributed by atoms with Gasteiger partial charge >= 0.3 is 0 Å². The maximum Gasteiger partial charge on any atom is 0.271 e. The number of hydrogen-bond acceptors (Lipinski definition) is 4. The smallest absolute Gasteiger partial charge is 0.271 e. The molecule has 0 unspecified atom stereocenters. The normalized spacial score (nSPS) is 15.2. The number of aromatic nitrogens is 2. The lowest BCUT2D eigenvalue weighted by Gasteiger charge is -2.21. The van der Waals surface area contributed by atoms with Crippen LogP contribution in [0.2, 0.25) is 0 Å². The predicted octanol–water partition coefficient (Wildman–Crippen LogP) is 2.90. The van der Waals surface area contributed by atoms with Crippen LogP contribution >= 0.6 is 11.3 Å². The first kappa shape index (κ1) is 17.7. The van der Waals surface area contributed by atoms with E-state index in [0.29, 0.717) is 37.6 Å². The number of thiazole rings is 1. The molecule has 2 aromatic heterocycles. The van der Waals surface area contributed by atoms with Gasteiger partial charge in [0.2, 0.25) is 5.91 Å². The SMILES string of the molecule is CC(=O)N1CCCN(C(=O)c2csc3nc(-c4ccc(F)cc4)cn23)CC1. The Balaban J connectivity index is 1.59. The highest BCUT2D eigenvalue weighted by molar-refractivity contribution is 7.15. The molecule has 0 saturated carbocycles. The summed E-state index contributed by atoms with van der Waals surface area (Å²) in [6.45, 7) is 3.94. The second-order valence-corrected chi connectivity index (χ2v) is 7.39. The third kappa shape index (κ3) is 3.44. The lowest BCUT2D eigenvalue weighted by Crippen LogP contribution is -2.36. The summed E-state index contributed by atoms with van der Waals surface area (Å²) in [6, 6.07) is 6.14. The molecule has 3 heterocycles. The zero-order valence-electron chi connectivity index (χ0n) is 14.9. The van der Waals surface area contributed by atoms with E-state index in [2.05, 4.69) is 4.98 Å². The molecule has 3 aromatic rings. The number of hydrogen-bond donors (Lipinski definition) is 0. The third-order valence-electron chi connectivity index (χ3n) is 4.80. The van der Waals surface area contributed by atoms with Crippen molar-refractivity contribution in [3.8, 4) is 11.3 Å². The predicted molar refractivity (Wildman–Crippen MR) is 101 cm³/mol. The van der Waals surface area contributed by atoms with Crippen molar-refractivity contribution in [3.05, 3.63) is 47.4 Å². The number of amides is 2. The number of carbonyl (C=O) groups is 2. The topological polar surface area (TPSA) is 57.9 Å². The zero-order chi connectivity index (χ0) is 19.0. The van der Waals surface area contributed by atoms with E-state index in [0.717, 1.165) is 16.9 Å². The highest BCUT2D eigenvalue weighted by Gasteiger charge is 2.24. The van der Waals surface area contributed by atoms with E-state index in [1.165, 1.54) is 23.5 Å². The van der Waals surface area contributed by atoms with Gasteiger partial charge in [-0.25, -0.2) is 9.37 Å². The van der Waals surface area contributed by atoms with Crippen molar-refractivity contribution < 1.29 is 14.0 Å². The molecule has 1 aliphatic heterocycles. The summed E-state index contributed by atoms with van der Waals surface area (Å²) in [5, 5.41) is 1.81. The number of benzene rings is 1. The van der Waals surface area contributed by atoms with Crippen molar-refractivity contribution in [1.82, 2.24) is 19.2 Å². The van der Waals surface area contributed by atoms with Gasteiger partial charge in [0.1, 0.15) is 11.5 Å². The van der Waals surface area contributed by atoms with Gasteiger partial charge in [-0.2, -0.15) is 0 Å². The largest absolute Gasteiger partial charge is 0.341 e. The van der Waals surface area contributed by atoms with Crippen LogP contribution in [0.25, 0.3) is 16.2 Å². The van der Waals surface area contributed by atoms with Crippen LogP contribution in [0, 0.1) is 5.82 Å². The Hall–Kier alpha value is -2.74. The molecule has 0 bridgehead atoms. The zero-order valence-corrected chi connectivity index (χ0v) is 15.7. The Labute approximate surface area is 159 Å². The van der Waals surface area contributed by atoms with Gasteiger partial charge < -0.3 is 9.80 Å². The van der Waals surface area contributed by atoms with Gasteiger partial charge in [0, 0.05) is 50.2 Å². The number of halogens is 1. The van der Waals surface area contributed by atoms with Gasteiger partial charge in [0.25, 0.3) is 5.91 Å². The number of carbonyl (C=O) groups excluding carboxylic acids is 2. The summed E-state index contributed by atoms with van der Waals surface area (Å²) in [6.07, 6.45) is 2.58. The van der Waals surface area contributed by atoms with E-state index in [-0.39, 0.29) is 17.6 Å². The Kier molecular flexibility index (Phi) is 4.65. The molecule has 1 saturated heterocycles. The first-order chi connectivity index (χ1) is 13.0. The molecule has 2 amide bonds. The molecule has 140 valence electrons. The Bertz CT molecular complexity index is 995. The van der Waals surface area contributed by atoms with Gasteiger partial charge in [-0.3, -0.25) is 14.0 Å². The number of rotatable bonds is 2. The number of nitrogens with zero attached hydrogens (tertiary/aromatic N) is 4. The van der Waals surface area contributed by atoms with E-state index in [4.69, 9.17) is 0 Å². The first-order valence-corrected chi connectivity index (χ1v) is 9.68. The fourth-order valence-electron chi connectivity index (χ4n) is 3.29. The van der Waals surface area contributed by atoms with Crippen LogP contribution in [0.1, 0.15) is 23.8 Å². The van der Waals surface area contributed by atoms with Gasteiger partial charge in [0.15, 0.2) is 4.96 Å². The maximum atomic E-state index is 13.1. The van der Waals surface area contributed by atoms with E-state index in [9.17, 15) is 14.0 Å². The maximum absolute atomic E-state index is 13.1. The van der Waals surface area contributed by atoms with Crippen LogP contribution in [0.5, 0.6) is 0 Å². The lowest BCUT2D eigenvalue weighted by molar-refractivity contribution is -0.128. The molecular weight excluding hydrogens is 367 g/mol. The van der Waals surface area contributed by atoms with Gasteiger partial charge in [-0.05, 0) is 30.7 Å². The summed E-state index contributed by atoms with van der Waals surface area (Å²) < 4.78 is 14.9. The highest BCUT2D eigenvalue weighted by Crippen LogP contribution is 2.25. The van der Waals surface area contributed by atoms with Crippen LogP contribution in [0.4, 0.5) is 4.39 Å². The average Bonchev–Trinajstić information content (AvgIpc) is 3.13. The molecule has 1 aromatic carbocycles. The van der Waals surface area contributed by atoms with Crippen molar-refractivity contribution in [1.29, 1.82) is 0 Å². The minimum atomic E-state index is -0.295. The van der Waals surface area contributed by atoms with E-state index >= 15 is 0 Å². The highest BCUT2D eigenvalue weighted by atomic mass is 32.1. The van der Waals surface area contributed by atoms with Gasteiger partial charge in [0.05, 0.1) is 5.69 Å². The van der Waals surface area contributed by atoms with Crippen molar-refractivity contribution in [3.63, 3.8) is 0 Å². The number of imidazole rings is 1. The van der Waals surface area contributed by atoms with E-state index in [1.807, 2.05) is 11.6 Å². The summed E-state index contributed by atoms with van der Waals surface area (Å²) in [5.41, 5.74) is 2.07. The van der Waals surface area contributed by atoms with Crippen LogP contribution in [-0.2, 0) is 4.79 Å². The minimum Gasteiger partial charge on any atom is -0.341 e. The molecular formula is C19H19FN4O2S. The molecule has 6 nitrogen and oxygen atoms in total.